The van der Waals surface area contributed by atoms with E-state index >= 15 is 0 Å². The van der Waals surface area contributed by atoms with Crippen molar-refractivity contribution in [3.8, 4) is 0 Å². The molecule has 1 saturated heterocycles. The Morgan fingerprint density at radius 2 is 2.08 bits per heavy atom. The van der Waals surface area contributed by atoms with Gasteiger partial charge in [-0.1, -0.05) is 35.9 Å². The second-order valence-electron chi connectivity index (χ2n) is 6.46. The molecule has 0 aliphatic carbocycles. The molecule has 0 spiro atoms. The maximum Gasteiger partial charge on any atom is 0.191 e. The lowest BCUT2D eigenvalue weighted by atomic mass is 10.0. The average molecular weight is 373 g/mol. The summed E-state index contributed by atoms with van der Waals surface area (Å²) in [6.07, 6.45) is 0. The van der Waals surface area contributed by atoms with Crippen LogP contribution in [0.5, 0.6) is 0 Å². The smallest absolute Gasteiger partial charge is 0.191 e. The summed E-state index contributed by atoms with van der Waals surface area (Å²) in [5.41, 5.74) is 2.63. The SMILES string of the molecule is CN=C(NCc1cccs1)NCC(c1cccc(C)c1)N1CCOCC1. The van der Waals surface area contributed by atoms with Crippen LogP contribution in [0.3, 0.4) is 0 Å². The average Bonchev–Trinajstić information content (AvgIpc) is 3.19. The highest BCUT2D eigenvalue weighted by Gasteiger charge is 2.23. The molecule has 6 heteroatoms. The van der Waals surface area contributed by atoms with Crippen LogP contribution >= 0.6 is 11.3 Å². The Balaban J connectivity index is 1.64. The molecule has 1 aromatic heterocycles. The molecular weight excluding hydrogens is 344 g/mol. The zero-order valence-corrected chi connectivity index (χ0v) is 16.4. The molecule has 1 atom stereocenters. The fourth-order valence-corrected chi connectivity index (χ4v) is 3.87. The fourth-order valence-electron chi connectivity index (χ4n) is 3.22. The van der Waals surface area contributed by atoms with E-state index in [0.717, 1.165) is 45.4 Å². The number of aliphatic imine (C=N–C) groups is 1. The number of nitrogens with zero attached hydrogens (tertiary/aromatic N) is 2. The standard InChI is InChI=1S/C20H28N4OS/c1-16-5-3-6-17(13-16)19(24-8-10-25-11-9-24)15-23-20(21-2)22-14-18-7-4-12-26-18/h3-7,12-13,19H,8-11,14-15H2,1-2H3,(H2,21,22,23). The summed E-state index contributed by atoms with van der Waals surface area (Å²) < 4.78 is 5.54. The molecule has 1 unspecified atom stereocenters. The van der Waals surface area contributed by atoms with Gasteiger partial charge in [0.1, 0.15) is 0 Å². The minimum Gasteiger partial charge on any atom is -0.379 e. The lowest BCUT2D eigenvalue weighted by molar-refractivity contribution is 0.0170. The summed E-state index contributed by atoms with van der Waals surface area (Å²) in [6, 6.07) is 13.3. The van der Waals surface area contributed by atoms with Crippen molar-refractivity contribution in [1.82, 2.24) is 15.5 Å². The third-order valence-electron chi connectivity index (χ3n) is 4.61. The van der Waals surface area contributed by atoms with E-state index in [-0.39, 0.29) is 0 Å². The molecule has 0 bridgehead atoms. The van der Waals surface area contributed by atoms with Crippen LogP contribution < -0.4 is 10.6 Å². The Morgan fingerprint density at radius 3 is 2.77 bits per heavy atom. The van der Waals surface area contributed by atoms with Gasteiger partial charge in [0.15, 0.2) is 5.96 Å². The number of rotatable bonds is 6. The van der Waals surface area contributed by atoms with Crippen molar-refractivity contribution in [3.63, 3.8) is 0 Å². The largest absolute Gasteiger partial charge is 0.379 e. The van der Waals surface area contributed by atoms with E-state index in [2.05, 4.69) is 69.2 Å². The molecular formula is C20H28N4OS. The minimum absolute atomic E-state index is 0.305. The Bertz CT molecular complexity index is 696. The van der Waals surface area contributed by atoms with E-state index in [1.807, 2.05) is 7.05 Å². The number of benzene rings is 1. The van der Waals surface area contributed by atoms with Gasteiger partial charge in [-0.2, -0.15) is 0 Å². The van der Waals surface area contributed by atoms with Gasteiger partial charge in [-0.15, -0.1) is 11.3 Å². The monoisotopic (exact) mass is 372 g/mol. The number of morpholine rings is 1. The predicted octanol–water partition coefficient (Wildman–Crippen LogP) is 2.80. The van der Waals surface area contributed by atoms with E-state index in [1.165, 1.54) is 16.0 Å². The van der Waals surface area contributed by atoms with Gasteiger partial charge in [-0.05, 0) is 23.9 Å². The maximum absolute atomic E-state index is 5.54. The van der Waals surface area contributed by atoms with E-state index in [0.29, 0.717) is 6.04 Å². The fraction of sp³-hybridized carbons (Fsp3) is 0.450. The molecule has 2 N–H and O–H groups in total. The van der Waals surface area contributed by atoms with E-state index < -0.39 is 0 Å². The molecule has 1 aliphatic heterocycles. The number of thiophene rings is 1. The van der Waals surface area contributed by atoms with Gasteiger partial charge in [0.25, 0.3) is 0 Å². The van der Waals surface area contributed by atoms with Crippen molar-refractivity contribution in [2.24, 2.45) is 4.99 Å². The van der Waals surface area contributed by atoms with Gasteiger partial charge >= 0.3 is 0 Å². The molecule has 3 rings (SSSR count). The van der Waals surface area contributed by atoms with Crippen LogP contribution in [0, 0.1) is 6.92 Å². The van der Waals surface area contributed by atoms with Crippen molar-refractivity contribution >= 4 is 17.3 Å². The van der Waals surface area contributed by atoms with Gasteiger partial charge < -0.3 is 15.4 Å². The molecule has 5 nitrogen and oxygen atoms in total. The van der Waals surface area contributed by atoms with Gasteiger partial charge in [0, 0.05) is 31.6 Å². The first-order chi connectivity index (χ1) is 12.8. The van der Waals surface area contributed by atoms with Crippen LogP contribution in [0.15, 0.2) is 46.8 Å². The van der Waals surface area contributed by atoms with Crippen molar-refractivity contribution in [2.45, 2.75) is 19.5 Å². The minimum atomic E-state index is 0.305. The van der Waals surface area contributed by atoms with Gasteiger partial charge in [-0.25, -0.2) is 0 Å². The molecule has 1 fully saturated rings. The van der Waals surface area contributed by atoms with Crippen LogP contribution in [-0.2, 0) is 11.3 Å². The molecule has 26 heavy (non-hydrogen) atoms. The van der Waals surface area contributed by atoms with E-state index in [1.54, 1.807) is 11.3 Å². The molecule has 1 aliphatic rings. The van der Waals surface area contributed by atoms with Crippen molar-refractivity contribution in [1.29, 1.82) is 0 Å². The molecule has 0 saturated carbocycles. The summed E-state index contributed by atoms with van der Waals surface area (Å²) in [5, 5.41) is 9.00. The number of hydrogen-bond donors (Lipinski definition) is 2. The lowest BCUT2D eigenvalue weighted by Crippen LogP contribution is -2.46. The van der Waals surface area contributed by atoms with Crippen molar-refractivity contribution in [3.05, 3.63) is 57.8 Å². The first-order valence-electron chi connectivity index (χ1n) is 9.11. The van der Waals surface area contributed by atoms with Gasteiger partial charge in [0.05, 0.1) is 25.8 Å². The Hall–Kier alpha value is -1.89. The highest BCUT2D eigenvalue weighted by atomic mass is 32.1. The molecule has 1 aromatic carbocycles. The summed E-state index contributed by atoms with van der Waals surface area (Å²) in [4.78, 5) is 8.17. The first kappa shape index (κ1) is 18.9. The number of guanidine groups is 1. The zero-order valence-electron chi connectivity index (χ0n) is 15.6. The second kappa shape index (κ2) is 9.71. The van der Waals surface area contributed by atoms with Crippen LogP contribution in [-0.4, -0.2) is 50.8 Å². The maximum atomic E-state index is 5.54. The highest BCUT2D eigenvalue weighted by Crippen LogP contribution is 2.22. The molecule has 140 valence electrons. The third kappa shape index (κ3) is 5.30. The van der Waals surface area contributed by atoms with E-state index in [9.17, 15) is 0 Å². The third-order valence-corrected chi connectivity index (χ3v) is 5.49. The molecule has 2 aromatic rings. The second-order valence-corrected chi connectivity index (χ2v) is 7.50. The number of ether oxygens (including phenoxy) is 1. The number of hydrogen-bond acceptors (Lipinski definition) is 4. The van der Waals surface area contributed by atoms with Gasteiger partial charge in [-0.3, -0.25) is 9.89 Å². The first-order valence-corrected chi connectivity index (χ1v) is 9.99. The normalized spacial score (nSPS) is 17.1. The van der Waals surface area contributed by atoms with E-state index in [4.69, 9.17) is 4.74 Å². The Kier molecular flexibility index (Phi) is 7.05. The van der Waals surface area contributed by atoms with Crippen LogP contribution in [0.2, 0.25) is 0 Å². The quantitative estimate of drug-likeness (QED) is 0.605. The van der Waals surface area contributed by atoms with Crippen LogP contribution in [0.1, 0.15) is 22.0 Å². The predicted molar refractivity (Wildman–Crippen MR) is 109 cm³/mol. The Morgan fingerprint density at radius 1 is 1.23 bits per heavy atom. The lowest BCUT2D eigenvalue weighted by Gasteiger charge is -2.35. The van der Waals surface area contributed by atoms with Crippen LogP contribution in [0.4, 0.5) is 0 Å². The topological polar surface area (TPSA) is 48.9 Å². The van der Waals surface area contributed by atoms with Gasteiger partial charge in [0.2, 0.25) is 0 Å². The van der Waals surface area contributed by atoms with Crippen LogP contribution in [0.25, 0.3) is 0 Å². The molecule has 2 heterocycles. The molecule has 0 radical (unpaired) electrons. The van der Waals surface area contributed by atoms with Crippen molar-refractivity contribution < 1.29 is 4.74 Å². The number of nitrogens with one attached hydrogen (secondary N) is 2. The number of aryl methyl sites for hydroxylation is 1. The summed E-state index contributed by atoms with van der Waals surface area (Å²) in [7, 11) is 1.82. The van der Waals surface area contributed by atoms with Crippen molar-refractivity contribution in [2.75, 3.05) is 39.9 Å². The molecule has 0 amide bonds. The zero-order chi connectivity index (χ0) is 18.2. The summed E-state index contributed by atoms with van der Waals surface area (Å²) in [5.74, 6) is 0.837. The summed E-state index contributed by atoms with van der Waals surface area (Å²) >= 11 is 1.75. The Labute approximate surface area is 160 Å². The highest BCUT2D eigenvalue weighted by molar-refractivity contribution is 7.09. The summed E-state index contributed by atoms with van der Waals surface area (Å²) in [6.45, 7) is 7.27.